The molecule has 2 aromatic carbocycles. The van der Waals surface area contributed by atoms with Crippen LogP contribution in [0.1, 0.15) is 18.1 Å². The van der Waals surface area contributed by atoms with Gasteiger partial charge >= 0.3 is 6.09 Å². The van der Waals surface area contributed by atoms with Crippen LogP contribution >= 0.6 is 22.6 Å². The molecule has 0 saturated heterocycles. The van der Waals surface area contributed by atoms with Crippen molar-refractivity contribution >= 4 is 34.4 Å². The summed E-state index contributed by atoms with van der Waals surface area (Å²) in [7, 11) is 1.46. The largest absolute Gasteiger partial charge is 0.508 e. The molecule has 3 N–H and O–H groups in total. The van der Waals surface area contributed by atoms with E-state index in [1.807, 2.05) is 0 Å². The van der Waals surface area contributed by atoms with Gasteiger partial charge in [-0.1, -0.05) is 0 Å². The number of phenols is 1. The number of carbonyl (C=O) groups excluding carboxylic acids is 1. The molecule has 0 saturated carbocycles. The summed E-state index contributed by atoms with van der Waals surface area (Å²) in [5, 5.41) is 22.2. The Morgan fingerprint density at radius 1 is 1.25 bits per heavy atom. The summed E-state index contributed by atoms with van der Waals surface area (Å²) >= 11 is 2.10. The molecule has 2 atom stereocenters. The second-order valence-corrected chi connectivity index (χ2v) is 7.25. The molecule has 1 heterocycles. The van der Waals surface area contributed by atoms with Crippen molar-refractivity contribution in [1.82, 2.24) is 0 Å². The van der Waals surface area contributed by atoms with Crippen molar-refractivity contribution < 1.29 is 34.0 Å². The SMILES string of the molecule is CO[C@H](CCO)[C@H](OC(=O)Nc1ccc2c(c1)OCO2)c1cc(I)ccc1O. The highest BCUT2D eigenvalue weighted by Gasteiger charge is 2.29. The van der Waals surface area contributed by atoms with E-state index in [0.717, 1.165) is 3.57 Å². The van der Waals surface area contributed by atoms with Crippen molar-refractivity contribution in [3.63, 3.8) is 0 Å². The van der Waals surface area contributed by atoms with Crippen LogP contribution in [0.3, 0.4) is 0 Å². The zero-order valence-corrected chi connectivity index (χ0v) is 17.2. The third kappa shape index (κ3) is 4.78. The Morgan fingerprint density at radius 2 is 2.04 bits per heavy atom. The van der Waals surface area contributed by atoms with Crippen LogP contribution in [-0.4, -0.2) is 42.9 Å². The van der Waals surface area contributed by atoms with Gasteiger partial charge in [0.1, 0.15) is 11.9 Å². The number of carbonyl (C=O) groups is 1. The number of fused-ring (bicyclic) bond motifs is 1. The van der Waals surface area contributed by atoms with E-state index in [2.05, 4.69) is 27.9 Å². The van der Waals surface area contributed by atoms with Crippen LogP contribution in [0.5, 0.6) is 17.2 Å². The zero-order chi connectivity index (χ0) is 20.1. The number of anilines is 1. The lowest BCUT2D eigenvalue weighted by atomic mass is 10.0. The van der Waals surface area contributed by atoms with Crippen LogP contribution in [-0.2, 0) is 9.47 Å². The molecule has 0 unspecified atom stereocenters. The Balaban J connectivity index is 1.80. The molecule has 150 valence electrons. The molecular formula is C19H20INO7. The van der Waals surface area contributed by atoms with Crippen LogP contribution in [0.15, 0.2) is 36.4 Å². The average molecular weight is 501 g/mol. The van der Waals surface area contributed by atoms with Gasteiger partial charge in [0.25, 0.3) is 0 Å². The maximum atomic E-state index is 12.5. The molecule has 0 bridgehead atoms. The number of benzene rings is 2. The van der Waals surface area contributed by atoms with E-state index in [0.29, 0.717) is 22.7 Å². The minimum Gasteiger partial charge on any atom is -0.508 e. The monoisotopic (exact) mass is 501 g/mol. The second kappa shape index (κ2) is 9.30. The number of methoxy groups -OCH3 is 1. The fourth-order valence-corrected chi connectivity index (χ4v) is 3.37. The van der Waals surface area contributed by atoms with Crippen molar-refractivity contribution in [2.45, 2.75) is 18.6 Å². The number of aliphatic hydroxyl groups excluding tert-OH is 1. The standard InChI is InChI=1S/C19H20INO7/c1-25-16(6-7-22)18(13-8-11(20)2-4-14(13)23)28-19(24)21-12-3-5-15-17(9-12)27-10-26-15/h2-5,8-9,16,18,22-23H,6-7,10H2,1H3,(H,21,24)/t16-,18-/m1/s1. The summed E-state index contributed by atoms with van der Waals surface area (Å²) in [6.45, 7) is -0.0270. The molecule has 0 spiro atoms. The van der Waals surface area contributed by atoms with Crippen molar-refractivity contribution in [3.8, 4) is 17.2 Å². The van der Waals surface area contributed by atoms with Crippen molar-refractivity contribution in [2.24, 2.45) is 0 Å². The number of amides is 1. The third-order valence-corrected chi connectivity index (χ3v) is 4.87. The van der Waals surface area contributed by atoms with Crippen molar-refractivity contribution in [2.75, 3.05) is 25.8 Å². The van der Waals surface area contributed by atoms with Crippen LogP contribution < -0.4 is 14.8 Å². The molecule has 2 aromatic rings. The van der Waals surface area contributed by atoms with E-state index in [-0.39, 0.29) is 25.6 Å². The highest BCUT2D eigenvalue weighted by Crippen LogP contribution is 2.36. The smallest absolute Gasteiger partial charge is 0.412 e. The molecule has 9 heteroatoms. The summed E-state index contributed by atoms with van der Waals surface area (Å²) in [5.41, 5.74) is 0.865. The predicted octanol–water partition coefficient (Wildman–Crippen LogP) is 3.41. The van der Waals surface area contributed by atoms with E-state index < -0.39 is 18.3 Å². The number of aromatic hydroxyl groups is 1. The van der Waals surface area contributed by atoms with Gasteiger partial charge in [-0.2, -0.15) is 0 Å². The molecule has 28 heavy (non-hydrogen) atoms. The number of hydrogen-bond donors (Lipinski definition) is 3. The summed E-state index contributed by atoms with van der Waals surface area (Å²) in [6.07, 6.45) is -2.07. The van der Waals surface area contributed by atoms with Gasteiger partial charge in [-0.25, -0.2) is 4.79 Å². The van der Waals surface area contributed by atoms with Gasteiger partial charge in [0.15, 0.2) is 17.6 Å². The summed E-state index contributed by atoms with van der Waals surface area (Å²) in [5.74, 6) is 1.10. The van der Waals surface area contributed by atoms with Crippen LogP contribution in [0.25, 0.3) is 0 Å². The van der Waals surface area contributed by atoms with E-state index in [1.165, 1.54) is 13.2 Å². The first-order valence-electron chi connectivity index (χ1n) is 8.51. The fourth-order valence-electron chi connectivity index (χ4n) is 2.85. The lowest BCUT2D eigenvalue weighted by molar-refractivity contribution is -0.0314. The maximum absolute atomic E-state index is 12.5. The number of phenolic OH excluding ortho intramolecular Hbond substituents is 1. The normalized spacial score (nSPS) is 14.4. The molecular weight excluding hydrogens is 481 g/mol. The number of nitrogens with one attached hydrogen (secondary N) is 1. The first kappa shape index (κ1) is 20.5. The quantitative estimate of drug-likeness (QED) is 0.500. The topological polar surface area (TPSA) is 106 Å². The third-order valence-electron chi connectivity index (χ3n) is 4.20. The number of hydrogen-bond acceptors (Lipinski definition) is 7. The Labute approximate surface area is 175 Å². The van der Waals surface area contributed by atoms with Crippen LogP contribution in [0.2, 0.25) is 0 Å². The molecule has 8 nitrogen and oxygen atoms in total. The number of ether oxygens (including phenoxy) is 4. The van der Waals surface area contributed by atoms with Gasteiger partial charge in [-0.05, 0) is 52.9 Å². The Kier molecular flexibility index (Phi) is 6.81. The highest BCUT2D eigenvalue weighted by molar-refractivity contribution is 14.1. The number of aliphatic hydroxyl groups is 1. The first-order chi connectivity index (χ1) is 13.5. The molecule has 1 amide bonds. The summed E-state index contributed by atoms with van der Waals surface area (Å²) in [4.78, 5) is 12.5. The molecule has 0 radical (unpaired) electrons. The van der Waals surface area contributed by atoms with Crippen molar-refractivity contribution in [3.05, 3.63) is 45.5 Å². The Morgan fingerprint density at radius 3 is 2.79 bits per heavy atom. The van der Waals surface area contributed by atoms with E-state index in [9.17, 15) is 15.0 Å². The average Bonchev–Trinajstić information content (AvgIpc) is 3.14. The molecule has 1 aliphatic heterocycles. The maximum Gasteiger partial charge on any atom is 0.412 e. The Hall–Kier alpha value is -2.24. The molecule has 1 aliphatic rings. The van der Waals surface area contributed by atoms with Gasteiger partial charge in [0, 0.05) is 41.0 Å². The first-order valence-corrected chi connectivity index (χ1v) is 9.59. The highest BCUT2D eigenvalue weighted by atomic mass is 127. The molecule has 0 aliphatic carbocycles. The summed E-state index contributed by atoms with van der Waals surface area (Å²) < 4.78 is 22.4. The summed E-state index contributed by atoms with van der Waals surface area (Å²) in [6, 6.07) is 9.94. The van der Waals surface area contributed by atoms with Gasteiger partial charge in [0.2, 0.25) is 6.79 Å². The van der Waals surface area contributed by atoms with Gasteiger partial charge in [-0.15, -0.1) is 0 Å². The van der Waals surface area contributed by atoms with Gasteiger partial charge < -0.3 is 29.2 Å². The minimum absolute atomic E-state index is 0.0266. The predicted molar refractivity (Wildman–Crippen MR) is 109 cm³/mol. The van der Waals surface area contributed by atoms with E-state index >= 15 is 0 Å². The number of halogens is 1. The molecule has 0 fully saturated rings. The van der Waals surface area contributed by atoms with Crippen LogP contribution in [0.4, 0.5) is 10.5 Å². The lowest BCUT2D eigenvalue weighted by Gasteiger charge is -2.26. The minimum atomic E-state index is -0.916. The fraction of sp³-hybridized carbons (Fsp3) is 0.316. The van der Waals surface area contributed by atoms with Crippen molar-refractivity contribution in [1.29, 1.82) is 0 Å². The zero-order valence-electron chi connectivity index (χ0n) is 15.1. The van der Waals surface area contributed by atoms with E-state index in [1.54, 1.807) is 30.3 Å². The molecule has 3 rings (SSSR count). The Bertz CT molecular complexity index is 845. The molecule has 0 aromatic heterocycles. The second-order valence-electron chi connectivity index (χ2n) is 6.01. The van der Waals surface area contributed by atoms with Gasteiger partial charge in [0.05, 0.1) is 0 Å². The lowest BCUT2D eigenvalue weighted by Crippen LogP contribution is -2.29. The van der Waals surface area contributed by atoms with Crippen LogP contribution in [0, 0.1) is 3.57 Å². The van der Waals surface area contributed by atoms with E-state index in [4.69, 9.17) is 18.9 Å². The van der Waals surface area contributed by atoms with Gasteiger partial charge in [-0.3, -0.25) is 5.32 Å². The number of rotatable bonds is 7.